The normalized spacial score (nSPS) is 12.6. The first-order valence-electron chi connectivity index (χ1n) is 6.90. The first-order chi connectivity index (χ1) is 11.0. The van der Waals surface area contributed by atoms with Crippen molar-refractivity contribution in [2.24, 2.45) is 0 Å². The predicted molar refractivity (Wildman–Crippen MR) is 83.7 cm³/mol. The van der Waals surface area contributed by atoms with Gasteiger partial charge < -0.3 is 4.89 Å². The molecule has 0 aliphatic heterocycles. The molecule has 0 saturated heterocycles. The molecule has 2 aromatic carbocycles. The zero-order valence-corrected chi connectivity index (χ0v) is 13.3. The molecule has 0 aliphatic carbocycles. The Balaban J connectivity index is 2.15. The molecular weight excluding hydrogens is 318 g/mol. The molecule has 23 heavy (non-hydrogen) atoms. The Morgan fingerprint density at radius 3 is 2.35 bits per heavy atom. The van der Waals surface area contributed by atoms with Crippen molar-refractivity contribution in [2.75, 3.05) is 0 Å². The maximum Gasteiger partial charge on any atom is 0.330 e. The monoisotopic (exact) mass is 335 g/mol. The highest BCUT2D eigenvalue weighted by atomic mass is 32.2. The summed E-state index contributed by atoms with van der Waals surface area (Å²) in [5, 5.41) is 0. The Kier molecular flexibility index (Phi) is 5.86. The summed E-state index contributed by atoms with van der Waals surface area (Å²) < 4.78 is 27.1. The fourth-order valence-electron chi connectivity index (χ4n) is 1.97. The van der Waals surface area contributed by atoms with E-state index in [1.807, 2.05) is 37.3 Å². The molecule has 122 valence electrons. The van der Waals surface area contributed by atoms with Crippen molar-refractivity contribution >= 4 is 16.5 Å². The van der Waals surface area contributed by atoms with Gasteiger partial charge in [-0.2, -0.15) is 9.61 Å². The third-order valence-electron chi connectivity index (χ3n) is 3.09. The van der Waals surface area contributed by atoms with Gasteiger partial charge in [-0.1, -0.05) is 48.0 Å². The highest BCUT2D eigenvalue weighted by molar-refractivity contribution is 7.89. The van der Waals surface area contributed by atoms with Crippen molar-refractivity contribution in [1.29, 1.82) is 0 Å². The molecular formula is C16H17NO5S. The highest BCUT2D eigenvalue weighted by Gasteiger charge is 2.22. The maximum atomic E-state index is 12.4. The average molecular weight is 335 g/mol. The molecule has 2 aromatic rings. The van der Waals surface area contributed by atoms with Gasteiger partial charge in [-0.25, -0.2) is 8.42 Å². The van der Waals surface area contributed by atoms with Gasteiger partial charge in [0, 0.05) is 6.42 Å². The molecule has 0 radical (unpaired) electrons. The molecule has 1 atom stereocenters. The molecule has 2 rings (SSSR count). The van der Waals surface area contributed by atoms with E-state index in [1.54, 1.807) is 12.1 Å². The minimum absolute atomic E-state index is 0.0954. The quantitative estimate of drug-likeness (QED) is 0.345. The van der Waals surface area contributed by atoms with Gasteiger partial charge in [0.2, 0.25) is 10.0 Å². The van der Waals surface area contributed by atoms with E-state index in [0.29, 0.717) is 0 Å². The van der Waals surface area contributed by atoms with Crippen LogP contribution in [0.1, 0.15) is 11.1 Å². The van der Waals surface area contributed by atoms with E-state index in [1.165, 1.54) is 12.1 Å². The van der Waals surface area contributed by atoms with E-state index in [9.17, 15) is 13.2 Å². The first kappa shape index (κ1) is 17.1. The molecule has 0 saturated carbocycles. The summed E-state index contributed by atoms with van der Waals surface area (Å²) in [6.45, 7) is 1.96. The first-order valence-corrected chi connectivity index (χ1v) is 8.38. The minimum Gasteiger partial charge on any atom is -0.300 e. The number of carbonyl (C=O) groups is 1. The third kappa shape index (κ3) is 5.17. The van der Waals surface area contributed by atoms with Gasteiger partial charge in [0.1, 0.15) is 0 Å². The summed E-state index contributed by atoms with van der Waals surface area (Å²) in [6, 6.07) is 15.5. The van der Waals surface area contributed by atoms with E-state index in [0.717, 1.165) is 11.1 Å². The van der Waals surface area contributed by atoms with Gasteiger partial charge in [0.25, 0.3) is 0 Å². The number of hydrogen-bond donors (Lipinski definition) is 1. The van der Waals surface area contributed by atoms with Crippen molar-refractivity contribution in [2.45, 2.75) is 24.5 Å². The van der Waals surface area contributed by atoms with Crippen LogP contribution < -0.4 is 4.72 Å². The Labute approximate surface area is 135 Å². The Morgan fingerprint density at radius 1 is 1.09 bits per heavy atom. The molecule has 6 nitrogen and oxygen atoms in total. The largest absolute Gasteiger partial charge is 0.330 e. The second-order valence-electron chi connectivity index (χ2n) is 4.90. The number of carbonyl (C=O) groups excluding carboxylic acids is 1. The summed E-state index contributed by atoms with van der Waals surface area (Å²) in [7, 11) is -3.80. The lowest BCUT2D eigenvalue weighted by Crippen LogP contribution is -2.38. The minimum atomic E-state index is -3.80. The number of sulfonamides is 1. The second-order valence-corrected chi connectivity index (χ2v) is 6.62. The van der Waals surface area contributed by atoms with Gasteiger partial charge in [0.05, 0.1) is 4.90 Å². The fourth-order valence-corrected chi connectivity index (χ4v) is 3.07. The molecule has 0 spiro atoms. The maximum absolute atomic E-state index is 12.4. The van der Waals surface area contributed by atoms with Crippen LogP contribution in [0.4, 0.5) is 0 Å². The Bertz CT molecular complexity index is 729. The lowest BCUT2D eigenvalue weighted by atomic mass is 10.1. The summed E-state index contributed by atoms with van der Waals surface area (Å²) in [4.78, 5) is 19.5. The average Bonchev–Trinajstić information content (AvgIpc) is 2.54. The molecule has 1 unspecified atom stereocenters. The van der Waals surface area contributed by atoms with Crippen LogP contribution in [0.2, 0.25) is 0 Å². The van der Waals surface area contributed by atoms with Crippen molar-refractivity contribution < 1.29 is 23.0 Å². The van der Waals surface area contributed by atoms with Gasteiger partial charge in [-0.05, 0) is 24.6 Å². The Hall–Kier alpha value is -2.22. The van der Waals surface area contributed by atoms with Gasteiger partial charge >= 0.3 is 6.47 Å². The van der Waals surface area contributed by atoms with Gasteiger partial charge in [-0.3, -0.25) is 4.79 Å². The molecule has 0 bridgehead atoms. The highest BCUT2D eigenvalue weighted by Crippen LogP contribution is 2.12. The number of benzene rings is 2. The van der Waals surface area contributed by atoms with E-state index in [2.05, 4.69) is 9.61 Å². The van der Waals surface area contributed by atoms with Crippen LogP contribution in [-0.4, -0.2) is 21.1 Å². The van der Waals surface area contributed by atoms with E-state index in [-0.39, 0.29) is 17.8 Å². The van der Waals surface area contributed by atoms with Crippen LogP contribution in [0.5, 0.6) is 0 Å². The fraction of sp³-hybridized carbons (Fsp3) is 0.188. The van der Waals surface area contributed by atoms with E-state index in [4.69, 9.17) is 4.89 Å². The van der Waals surface area contributed by atoms with Crippen LogP contribution >= 0.6 is 0 Å². The van der Waals surface area contributed by atoms with Crippen molar-refractivity contribution in [3.63, 3.8) is 0 Å². The summed E-state index contributed by atoms with van der Waals surface area (Å²) >= 11 is 0. The summed E-state index contributed by atoms with van der Waals surface area (Å²) in [5.74, 6) is 0. The van der Waals surface area contributed by atoms with Crippen LogP contribution in [0.3, 0.4) is 0 Å². The number of aryl methyl sites for hydroxylation is 1. The summed E-state index contributed by atoms with van der Waals surface area (Å²) in [6.07, 6.45) is -0.825. The zero-order valence-electron chi connectivity index (χ0n) is 12.5. The molecule has 1 N–H and O–H groups in total. The molecule has 0 aliphatic rings. The second kappa shape index (κ2) is 7.87. The lowest BCUT2D eigenvalue weighted by molar-refractivity contribution is -0.288. The standard InChI is InChI=1S/C16H17NO5S/c1-13-7-9-15(10-8-13)23(19,20)17-16(22-21-12-18)11-14-5-3-2-4-6-14/h2-10,12,16-17H,11H2,1H3. The van der Waals surface area contributed by atoms with Crippen LogP contribution in [0.15, 0.2) is 59.5 Å². The predicted octanol–water partition coefficient (Wildman–Crippen LogP) is 1.95. The van der Waals surface area contributed by atoms with Gasteiger partial charge in [0.15, 0.2) is 6.23 Å². The van der Waals surface area contributed by atoms with E-state index < -0.39 is 16.3 Å². The third-order valence-corrected chi connectivity index (χ3v) is 4.56. The number of nitrogens with one attached hydrogen (secondary N) is 1. The van der Waals surface area contributed by atoms with Crippen molar-refractivity contribution in [3.05, 3.63) is 65.7 Å². The lowest BCUT2D eigenvalue weighted by Gasteiger charge is -2.17. The smallest absolute Gasteiger partial charge is 0.300 e. The van der Waals surface area contributed by atoms with Crippen molar-refractivity contribution in [3.8, 4) is 0 Å². The van der Waals surface area contributed by atoms with E-state index >= 15 is 0 Å². The molecule has 0 amide bonds. The van der Waals surface area contributed by atoms with Crippen LogP contribution in [0.25, 0.3) is 0 Å². The van der Waals surface area contributed by atoms with Crippen LogP contribution in [-0.2, 0) is 31.0 Å². The zero-order chi connectivity index (χ0) is 16.7. The molecule has 0 aromatic heterocycles. The number of hydrogen-bond acceptors (Lipinski definition) is 5. The molecule has 0 heterocycles. The van der Waals surface area contributed by atoms with Crippen LogP contribution in [0, 0.1) is 6.92 Å². The Morgan fingerprint density at radius 2 is 1.74 bits per heavy atom. The van der Waals surface area contributed by atoms with Crippen molar-refractivity contribution in [1.82, 2.24) is 4.72 Å². The van der Waals surface area contributed by atoms with Gasteiger partial charge in [-0.15, -0.1) is 0 Å². The summed E-state index contributed by atoms with van der Waals surface area (Å²) in [5.41, 5.74) is 1.78. The molecule has 0 fully saturated rings. The molecule has 7 heteroatoms. The topological polar surface area (TPSA) is 81.7 Å². The number of rotatable bonds is 8. The SMILES string of the molecule is Cc1ccc(S(=O)(=O)NC(Cc2ccccc2)OOC=O)cc1.